The third-order valence-electron chi connectivity index (χ3n) is 3.69. The van der Waals surface area contributed by atoms with Gasteiger partial charge < -0.3 is 5.32 Å². The number of aryl methyl sites for hydroxylation is 2. The summed E-state index contributed by atoms with van der Waals surface area (Å²) in [7, 11) is 0. The van der Waals surface area contributed by atoms with Gasteiger partial charge in [0.05, 0.1) is 12.1 Å². The van der Waals surface area contributed by atoms with Crippen LogP contribution in [0.4, 0.5) is 10.1 Å². The molecule has 0 bridgehead atoms. The van der Waals surface area contributed by atoms with Gasteiger partial charge in [-0.2, -0.15) is 0 Å². The number of hydrogen-bond acceptors (Lipinski definition) is 3. The molecule has 0 aliphatic carbocycles. The lowest BCUT2D eigenvalue weighted by molar-refractivity contribution is -0.115. The second-order valence-electron chi connectivity index (χ2n) is 5.56. The number of anilines is 1. The number of benzene rings is 2. The Morgan fingerprint density at radius 3 is 2.54 bits per heavy atom. The Morgan fingerprint density at radius 1 is 1.12 bits per heavy atom. The Bertz CT molecular complexity index is 871. The molecule has 0 saturated carbocycles. The number of halogens is 1. The monoisotopic (exact) mass is 340 g/mol. The van der Waals surface area contributed by atoms with Crippen LogP contribution in [0.3, 0.4) is 0 Å². The third-order valence-corrected chi connectivity index (χ3v) is 4.66. The Morgan fingerprint density at radius 2 is 1.83 bits per heavy atom. The zero-order chi connectivity index (χ0) is 17.1. The van der Waals surface area contributed by atoms with E-state index in [9.17, 15) is 9.18 Å². The molecule has 5 heteroatoms. The van der Waals surface area contributed by atoms with Gasteiger partial charge >= 0.3 is 0 Å². The van der Waals surface area contributed by atoms with E-state index >= 15 is 0 Å². The molecular weight excluding hydrogens is 323 g/mol. The quantitative estimate of drug-likeness (QED) is 0.745. The highest BCUT2D eigenvalue weighted by molar-refractivity contribution is 7.12. The number of amides is 1. The maximum absolute atomic E-state index is 13.0. The maximum Gasteiger partial charge on any atom is 0.231 e. The summed E-state index contributed by atoms with van der Waals surface area (Å²) in [5.74, 6) is -0.367. The number of carbonyl (C=O) groups excluding carboxylic acids is 1. The van der Waals surface area contributed by atoms with Gasteiger partial charge in [0, 0.05) is 16.1 Å². The SMILES string of the molecule is Cc1ccccc1NC(=O)Cc1nc(-c2ccc(F)cc2)c(C)s1. The van der Waals surface area contributed by atoms with Crippen molar-refractivity contribution in [1.29, 1.82) is 0 Å². The number of carbonyl (C=O) groups is 1. The molecule has 3 nitrogen and oxygen atoms in total. The first-order chi connectivity index (χ1) is 11.5. The van der Waals surface area contributed by atoms with Gasteiger partial charge in [0.2, 0.25) is 5.91 Å². The molecule has 1 aromatic heterocycles. The average Bonchev–Trinajstić information content (AvgIpc) is 2.90. The summed E-state index contributed by atoms with van der Waals surface area (Å²) in [5, 5.41) is 3.66. The highest BCUT2D eigenvalue weighted by Gasteiger charge is 2.13. The van der Waals surface area contributed by atoms with Crippen molar-refractivity contribution in [1.82, 2.24) is 4.98 Å². The van der Waals surface area contributed by atoms with Crippen molar-refractivity contribution in [3.63, 3.8) is 0 Å². The molecule has 24 heavy (non-hydrogen) atoms. The lowest BCUT2D eigenvalue weighted by atomic mass is 10.1. The highest BCUT2D eigenvalue weighted by atomic mass is 32.1. The molecule has 0 atom stereocenters. The first kappa shape index (κ1) is 16.3. The smallest absolute Gasteiger partial charge is 0.231 e. The number of thiazole rings is 1. The molecule has 1 N–H and O–H groups in total. The number of aromatic nitrogens is 1. The van der Waals surface area contributed by atoms with Crippen LogP contribution in [0, 0.1) is 19.7 Å². The van der Waals surface area contributed by atoms with E-state index in [-0.39, 0.29) is 18.1 Å². The average molecular weight is 340 g/mol. The lowest BCUT2D eigenvalue weighted by Gasteiger charge is -2.06. The Kier molecular flexibility index (Phi) is 4.71. The molecule has 0 aliphatic heterocycles. The third kappa shape index (κ3) is 3.68. The predicted octanol–water partition coefficient (Wildman–Crippen LogP) is 4.75. The zero-order valence-electron chi connectivity index (χ0n) is 13.5. The summed E-state index contributed by atoms with van der Waals surface area (Å²) in [6, 6.07) is 13.9. The largest absolute Gasteiger partial charge is 0.325 e. The van der Waals surface area contributed by atoms with Gasteiger partial charge in [0.15, 0.2) is 0 Å². The Hall–Kier alpha value is -2.53. The molecule has 0 unspecified atom stereocenters. The number of nitrogens with one attached hydrogen (secondary N) is 1. The molecule has 2 aromatic carbocycles. The van der Waals surface area contributed by atoms with Crippen molar-refractivity contribution in [3.8, 4) is 11.3 Å². The van der Waals surface area contributed by atoms with Crippen molar-refractivity contribution in [3.05, 3.63) is 69.8 Å². The minimum absolute atomic E-state index is 0.0938. The maximum atomic E-state index is 13.0. The number of para-hydroxylation sites is 1. The first-order valence-corrected chi connectivity index (χ1v) is 8.42. The van der Waals surface area contributed by atoms with Gasteiger partial charge in [-0.15, -0.1) is 11.3 Å². The fourth-order valence-corrected chi connectivity index (χ4v) is 3.40. The van der Waals surface area contributed by atoms with E-state index in [1.54, 1.807) is 12.1 Å². The summed E-state index contributed by atoms with van der Waals surface area (Å²) in [5.41, 5.74) is 3.50. The molecular formula is C19H17FN2OS. The van der Waals surface area contributed by atoms with Gasteiger partial charge in [0.25, 0.3) is 0 Å². The normalized spacial score (nSPS) is 10.6. The summed E-state index contributed by atoms with van der Waals surface area (Å²) < 4.78 is 13.0. The van der Waals surface area contributed by atoms with Gasteiger partial charge in [0.1, 0.15) is 10.8 Å². The van der Waals surface area contributed by atoms with Crippen molar-refractivity contribution in [2.45, 2.75) is 20.3 Å². The predicted molar refractivity (Wildman–Crippen MR) is 95.8 cm³/mol. The first-order valence-electron chi connectivity index (χ1n) is 7.60. The molecule has 3 aromatic rings. The summed E-state index contributed by atoms with van der Waals surface area (Å²) in [6.07, 6.45) is 0.223. The van der Waals surface area contributed by atoms with Crippen LogP contribution in [0.25, 0.3) is 11.3 Å². The Balaban J connectivity index is 1.74. The molecule has 0 saturated heterocycles. The summed E-state index contributed by atoms with van der Waals surface area (Å²) in [4.78, 5) is 17.8. The highest BCUT2D eigenvalue weighted by Crippen LogP contribution is 2.28. The van der Waals surface area contributed by atoms with E-state index in [0.717, 1.165) is 32.4 Å². The van der Waals surface area contributed by atoms with Gasteiger partial charge in [-0.3, -0.25) is 4.79 Å². The van der Waals surface area contributed by atoms with Crippen molar-refractivity contribution >= 4 is 22.9 Å². The molecule has 1 amide bonds. The molecule has 0 spiro atoms. The molecule has 3 rings (SSSR count). The molecule has 122 valence electrons. The van der Waals surface area contributed by atoms with Crippen LogP contribution in [0.5, 0.6) is 0 Å². The second-order valence-corrected chi connectivity index (χ2v) is 6.85. The molecule has 0 aliphatic rings. The second kappa shape index (κ2) is 6.93. The van der Waals surface area contributed by atoms with E-state index in [0.29, 0.717) is 0 Å². The lowest BCUT2D eigenvalue weighted by Crippen LogP contribution is -2.14. The van der Waals surface area contributed by atoms with Crippen molar-refractivity contribution in [2.24, 2.45) is 0 Å². The summed E-state index contributed by atoms with van der Waals surface area (Å²) >= 11 is 1.49. The Labute approximate surface area is 144 Å². The number of rotatable bonds is 4. The van der Waals surface area contributed by atoms with Crippen LogP contribution in [-0.4, -0.2) is 10.9 Å². The standard InChI is InChI=1S/C19H17FN2OS/c1-12-5-3-4-6-16(12)21-17(23)11-18-22-19(13(2)24-18)14-7-9-15(20)10-8-14/h3-10H,11H2,1-2H3,(H,21,23). The van der Waals surface area contributed by atoms with Gasteiger partial charge in [-0.25, -0.2) is 9.37 Å². The molecule has 0 fully saturated rings. The van der Waals surface area contributed by atoms with Crippen LogP contribution in [0.2, 0.25) is 0 Å². The minimum Gasteiger partial charge on any atom is -0.325 e. The topological polar surface area (TPSA) is 42.0 Å². The zero-order valence-corrected chi connectivity index (χ0v) is 14.3. The molecule has 0 radical (unpaired) electrons. The minimum atomic E-state index is -0.274. The van der Waals surface area contributed by atoms with Crippen LogP contribution in [-0.2, 0) is 11.2 Å². The van der Waals surface area contributed by atoms with Crippen LogP contribution in [0.15, 0.2) is 48.5 Å². The van der Waals surface area contributed by atoms with Crippen LogP contribution in [0.1, 0.15) is 15.4 Å². The van der Waals surface area contributed by atoms with E-state index in [1.807, 2.05) is 38.1 Å². The fourth-order valence-electron chi connectivity index (χ4n) is 2.45. The van der Waals surface area contributed by atoms with Crippen molar-refractivity contribution in [2.75, 3.05) is 5.32 Å². The van der Waals surface area contributed by atoms with Crippen molar-refractivity contribution < 1.29 is 9.18 Å². The number of nitrogens with zero attached hydrogens (tertiary/aromatic N) is 1. The van der Waals surface area contributed by atoms with E-state index in [4.69, 9.17) is 0 Å². The number of hydrogen-bond donors (Lipinski definition) is 1. The summed E-state index contributed by atoms with van der Waals surface area (Å²) in [6.45, 7) is 3.91. The van der Waals surface area contributed by atoms with E-state index in [1.165, 1.54) is 23.5 Å². The van der Waals surface area contributed by atoms with E-state index in [2.05, 4.69) is 10.3 Å². The van der Waals surface area contributed by atoms with Gasteiger partial charge in [-0.1, -0.05) is 18.2 Å². The van der Waals surface area contributed by atoms with Crippen LogP contribution < -0.4 is 5.32 Å². The van der Waals surface area contributed by atoms with Gasteiger partial charge in [-0.05, 0) is 49.7 Å². The molecule has 1 heterocycles. The van der Waals surface area contributed by atoms with Crippen LogP contribution >= 0.6 is 11.3 Å². The van der Waals surface area contributed by atoms with E-state index < -0.39 is 0 Å². The fraction of sp³-hybridized carbons (Fsp3) is 0.158.